The van der Waals surface area contributed by atoms with Crippen LogP contribution < -0.4 is 15.5 Å². The predicted molar refractivity (Wildman–Crippen MR) is 130 cm³/mol. The van der Waals surface area contributed by atoms with Crippen LogP contribution in [0.25, 0.3) is 0 Å². The van der Waals surface area contributed by atoms with Crippen LogP contribution in [0, 0.1) is 22.0 Å². The summed E-state index contributed by atoms with van der Waals surface area (Å²) in [6.45, 7) is 2.59. The van der Waals surface area contributed by atoms with Crippen LogP contribution >= 0.6 is 0 Å². The second-order valence-electron chi connectivity index (χ2n) is 10.0. The number of piperidine rings is 2. The maximum Gasteiger partial charge on any atom is 0.294 e. The van der Waals surface area contributed by atoms with E-state index >= 15 is 0 Å². The van der Waals surface area contributed by atoms with Crippen molar-refractivity contribution in [3.63, 3.8) is 0 Å². The maximum atomic E-state index is 12.9. The van der Waals surface area contributed by atoms with Crippen molar-refractivity contribution in [3.8, 4) is 0 Å². The number of likely N-dealkylation sites (tertiary alicyclic amines) is 1. The molecule has 2 N–H and O–H groups in total. The van der Waals surface area contributed by atoms with Crippen molar-refractivity contribution in [3.05, 3.63) is 40.5 Å². The quantitative estimate of drug-likeness (QED) is 0.296. The average Bonchev–Trinajstić information content (AvgIpc) is 3.14. The summed E-state index contributed by atoms with van der Waals surface area (Å²) in [5, 5.41) is 12.0. The summed E-state index contributed by atoms with van der Waals surface area (Å²) in [7, 11) is 0. The van der Waals surface area contributed by atoms with Gasteiger partial charge in [-0.25, -0.2) is 4.90 Å². The number of anilines is 2. The average molecular weight is 482 g/mol. The number of nitro groups is 1. The van der Waals surface area contributed by atoms with E-state index in [-0.39, 0.29) is 29.1 Å². The Morgan fingerprint density at radius 3 is 2.11 bits per heavy atom. The molecule has 35 heavy (non-hydrogen) atoms. The molecule has 0 bridgehead atoms. The van der Waals surface area contributed by atoms with Gasteiger partial charge in [0.05, 0.1) is 22.4 Å². The van der Waals surface area contributed by atoms with E-state index < -0.39 is 22.3 Å². The van der Waals surface area contributed by atoms with Crippen LogP contribution in [-0.4, -0.2) is 59.3 Å². The van der Waals surface area contributed by atoms with Crippen LogP contribution in [0.2, 0.25) is 0 Å². The topological polar surface area (TPSA) is 130 Å². The van der Waals surface area contributed by atoms with E-state index in [9.17, 15) is 24.5 Å². The first kappa shape index (κ1) is 23.5. The van der Waals surface area contributed by atoms with Crippen molar-refractivity contribution in [2.75, 3.05) is 36.0 Å². The van der Waals surface area contributed by atoms with Crippen molar-refractivity contribution in [1.82, 2.24) is 4.90 Å². The zero-order valence-electron chi connectivity index (χ0n) is 19.7. The highest BCUT2D eigenvalue weighted by atomic mass is 16.6. The molecule has 5 rings (SSSR count). The number of hydrogen-bond acceptors (Lipinski definition) is 7. The molecule has 1 aromatic rings. The van der Waals surface area contributed by atoms with E-state index in [1.54, 1.807) is 12.1 Å². The van der Waals surface area contributed by atoms with Crippen LogP contribution in [0.4, 0.5) is 17.1 Å². The lowest BCUT2D eigenvalue weighted by Crippen LogP contribution is -2.63. The molecule has 3 saturated heterocycles. The number of allylic oxidation sites excluding steroid dienone is 2. The number of rotatable bonds is 5. The molecule has 0 radical (unpaired) electrons. The van der Waals surface area contributed by atoms with Crippen molar-refractivity contribution >= 4 is 34.8 Å². The van der Waals surface area contributed by atoms with Gasteiger partial charge in [-0.2, -0.15) is 0 Å². The molecule has 0 unspecified atom stereocenters. The molecule has 0 spiro atoms. The Balaban J connectivity index is 1.39. The number of fused-ring (bicyclic) bond motifs is 1. The normalized spacial score (nSPS) is 26.6. The maximum absolute atomic E-state index is 12.9. The first-order valence-electron chi connectivity index (χ1n) is 12.4. The van der Waals surface area contributed by atoms with Crippen LogP contribution in [0.15, 0.2) is 30.4 Å². The summed E-state index contributed by atoms with van der Waals surface area (Å²) >= 11 is 0. The van der Waals surface area contributed by atoms with Crippen molar-refractivity contribution in [2.24, 2.45) is 17.6 Å². The fourth-order valence-electron chi connectivity index (χ4n) is 6.28. The highest BCUT2D eigenvalue weighted by molar-refractivity contribution is 6.22. The van der Waals surface area contributed by atoms with Crippen LogP contribution in [-0.2, 0) is 14.4 Å². The first-order chi connectivity index (χ1) is 16.8. The molecule has 0 saturated carbocycles. The van der Waals surface area contributed by atoms with Crippen LogP contribution in [0.5, 0.6) is 0 Å². The van der Waals surface area contributed by atoms with Gasteiger partial charge in [-0.15, -0.1) is 0 Å². The molecule has 0 aromatic heterocycles. The van der Waals surface area contributed by atoms with Gasteiger partial charge >= 0.3 is 0 Å². The monoisotopic (exact) mass is 481 g/mol. The number of benzene rings is 1. The third-order valence-corrected chi connectivity index (χ3v) is 8.27. The highest BCUT2D eigenvalue weighted by Crippen LogP contribution is 2.41. The van der Waals surface area contributed by atoms with Gasteiger partial charge in [-0.3, -0.25) is 29.4 Å². The van der Waals surface area contributed by atoms with E-state index in [1.165, 1.54) is 6.07 Å². The number of hydrogen-bond donors (Lipinski definition) is 1. The van der Waals surface area contributed by atoms with E-state index in [2.05, 4.69) is 4.90 Å². The molecule has 10 nitrogen and oxygen atoms in total. The summed E-state index contributed by atoms with van der Waals surface area (Å²) in [5.74, 6) is -1.71. The third kappa shape index (κ3) is 3.89. The SMILES string of the molecule is NC(=O)C1(N2CCCCC2)CCN(c2ccc(N3C(=O)[C@@H]4CC=CC[C@H]4C3=O)cc2[N+](=O)[O-])CC1. The molecule has 4 aliphatic rings. The molecule has 10 heteroatoms. The van der Waals surface area contributed by atoms with Gasteiger partial charge in [0, 0.05) is 19.2 Å². The Kier molecular flexibility index (Phi) is 6.08. The number of primary amides is 1. The Hall–Kier alpha value is -3.27. The molecule has 3 heterocycles. The van der Waals surface area contributed by atoms with Gasteiger partial charge < -0.3 is 10.6 Å². The van der Waals surface area contributed by atoms with Crippen molar-refractivity contribution < 1.29 is 19.3 Å². The minimum Gasteiger partial charge on any atom is -0.368 e. The second kappa shape index (κ2) is 9.07. The van der Waals surface area contributed by atoms with E-state index in [0.717, 1.165) is 37.3 Å². The van der Waals surface area contributed by atoms with Gasteiger partial charge in [0.1, 0.15) is 11.2 Å². The fourth-order valence-corrected chi connectivity index (χ4v) is 6.28. The molecule has 3 fully saturated rings. The molecular weight excluding hydrogens is 450 g/mol. The van der Waals surface area contributed by atoms with Gasteiger partial charge in [0.2, 0.25) is 17.7 Å². The lowest BCUT2D eigenvalue weighted by molar-refractivity contribution is -0.384. The zero-order valence-corrected chi connectivity index (χ0v) is 19.7. The number of nitrogens with two attached hydrogens (primary N) is 1. The van der Waals surface area contributed by atoms with Crippen LogP contribution in [0.3, 0.4) is 0 Å². The molecule has 186 valence electrons. The van der Waals surface area contributed by atoms with Gasteiger partial charge in [0.25, 0.3) is 5.69 Å². The molecule has 1 aromatic carbocycles. The van der Waals surface area contributed by atoms with Gasteiger partial charge in [-0.05, 0) is 63.7 Å². The number of nitro benzene ring substituents is 1. The van der Waals surface area contributed by atoms with Crippen LogP contribution in [0.1, 0.15) is 44.9 Å². The van der Waals surface area contributed by atoms with Crippen molar-refractivity contribution in [2.45, 2.75) is 50.5 Å². The molecule has 3 amide bonds. The third-order valence-electron chi connectivity index (χ3n) is 8.27. The summed E-state index contributed by atoms with van der Waals surface area (Å²) in [4.78, 5) is 55.2. The second-order valence-corrected chi connectivity index (χ2v) is 10.0. The summed E-state index contributed by atoms with van der Waals surface area (Å²) < 4.78 is 0. The Labute approximate surface area is 203 Å². The minimum absolute atomic E-state index is 0.152. The fraction of sp³-hybridized carbons (Fsp3) is 0.560. The van der Waals surface area contributed by atoms with Crippen molar-refractivity contribution in [1.29, 1.82) is 0 Å². The number of amides is 3. The molecule has 1 aliphatic carbocycles. The first-order valence-corrected chi connectivity index (χ1v) is 12.4. The molecule has 2 atom stereocenters. The Morgan fingerprint density at radius 1 is 0.971 bits per heavy atom. The summed E-state index contributed by atoms with van der Waals surface area (Å²) in [6, 6.07) is 4.56. The van der Waals surface area contributed by atoms with E-state index in [4.69, 9.17) is 5.73 Å². The number of nitrogens with zero attached hydrogens (tertiary/aromatic N) is 4. The standard InChI is InChI=1S/C25H31N5O5/c26-24(33)25(28-12-4-1-5-13-28)10-14-27(15-11-25)20-9-8-17(16-21(20)30(34)35)29-22(31)18-6-2-3-7-19(18)23(29)32/h2-3,8-9,16,18-19H,1,4-7,10-15H2,(H2,26,33)/t18-,19-/m1/s1. The zero-order chi connectivity index (χ0) is 24.7. The minimum atomic E-state index is -0.718. The Bertz CT molecular complexity index is 1060. The Morgan fingerprint density at radius 2 is 1.57 bits per heavy atom. The number of imide groups is 1. The lowest BCUT2D eigenvalue weighted by Gasteiger charge is -2.48. The summed E-state index contributed by atoms with van der Waals surface area (Å²) in [6.07, 6.45) is 9.07. The summed E-state index contributed by atoms with van der Waals surface area (Å²) in [5.41, 5.74) is 5.67. The van der Waals surface area contributed by atoms with Gasteiger partial charge in [0.15, 0.2) is 0 Å². The van der Waals surface area contributed by atoms with E-state index in [1.807, 2.05) is 17.1 Å². The number of carbonyl (C=O) groups excluding carboxylic acids is 3. The van der Waals surface area contributed by atoms with Gasteiger partial charge in [-0.1, -0.05) is 18.6 Å². The largest absolute Gasteiger partial charge is 0.368 e. The smallest absolute Gasteiger partial charge is 0.294 e. The number of carbonyl (C=O) groups is 3. The molecular formula is C25H31N5O5. The van der Waals surface area contributed by atoms with E-state index in [0.29, 0.717) is 44.5 Å². The lowest BCUT2D eigenvalue weighted by atomic mass is 9.83. The predicted octanol–water partition coefficient (Wildman–Crippen LogP) is 2.36. The highest BCUT2D eigenvalue weighted by Gasteiger charge is 2.49. The molecule has 3 aliphatic heterocycles.